The summed E-state index contributed by atoms with van der Waals surface area (Å²) in [7, 11) is 0. The molecule has 11 heavy (non-hydrogen) atoms. The van der Waals surface area contributed by atoms with E-state index in [1.165, 1.54) is 0 Å². The predicted molar refractivity (Wildman–Crippen MR) is 32.6 cm³/mol. The van der Waals surface area contributed by atoms with Crippen LogP contribution in [-0.2, 0) is 0 Å². The minimum atomic E-state index is -2.39. The van der Waals surface area contributed by atoms with E-state index in [0.29, 0.717) is 0 Å². The number of halogens is 4. The van der Waals surface area contributed by atoms with Crippen LogP contribution in [0.2, 0.25) is 0 Å². The van der Waals surface area contributed by atoms with Gasteiger partial charge in [-0.2, -0.15) is 0 Å². The molecule has 0 amide bonds. The summed E-state index contributed by atoms with van der Waals surface area (Å²) >= 11 is 0. The second-order valence-corrected chi connectivity index (χ2v) is 2.62. The van der Waals surface area contributed by atoms with Crippen LogP contribution in [-0.4, -0.2) is 5.67 Å². The maximum absolute atomic E-state index is 12.8. The lowest BCUT2D eigenvalue weighted by Gasteiger charge is -2.20. The fourth-order valence-electron chi connectivity index (χ4n) is 0.800. The molecule has 0 aromatic rings. The van der Waals surface area contributed by atoms with Crippen LogP contribution in [0.3, 0.4) is 0 Å². The highest BCUT2D eigenvalue weighted by molar-refractivity contribution is 5.29. The lowest BCUT2D eigenvalue weighted by molar-refractivity contribution is 0.179. The fourth-order valence-corrected chi connectivity index (χ4v) is 0.800. The quantitative estimate of drug-likeness (QED) is 0.485. The van der Waals surface area contributed by atoms with Crippen LogP contribution in [0.4, 0.5) is 17.6 Å². The Kier molecular flexibility index (Phi) is 1.78. The Morgan fingerprint density at radius 3 is 2.36 bits per heavy atom. The van der Waals surface area contributed by atoms with Crippen molar-refractivity contribution in [1.82, 2.24) is 0 Å². The molecule has 1 aliphatic carbocycles. The van der Waals surface area contributed by atoms with Crippen molar-refractivity contribution in [3.05, 3.63) is 23.6 Å². The van der Waals surface area contributed by atoms with Crippen molar-refractivity contribution in [2.75, 3.05) is 0 Å². The van der Waals surface area contributed by atoms with Gasteiger partial charge in [-0.05, 0) is 6.92 Å². The van der Waals surface area contributed by atoms with Crippen molar-refractivity contribution in [2.45, 2.75) is 19.0 Å². The van der Waals surface area contributed by atoms with E-state index in [1.807, 2.05) is 0 Å². The van der Waals surface area contributed by atoms with E-state index in [4.69, 9.17) is 0 Å². The largest absolute Gasteiger partial charge is 0.236 e. The van der Waals surface area contributed by atoms with Gasteiger partial charge in [-0.15, -0.1) is 0 Å². The van der Waals surface area contributed by atoms with Crippen LogP contribution < -0.4 is 0 Å². The molecule has 0 aromatic heterocycles. The third-order valence-corrected chi connectivity index (χ3v) is 1.50. The summed E-state index contributed by atoms with van der Waals surface area (Å²) in [5, 5.41) is 0. The van der Waals surface area contributed by atoms with Gasteiger partial charge in [0, 0.05) is 12.5 Å². The molecule has 1 rings (SSSR count). The highest BCUT2D eigenvalue weighted by atomic mass is 19.2. The van der Waals surface area contributed by atoms with E-state index in [0.717, 1.165) is 6.92 Å². The van der Waals surface area contributed by atoms with Gasteiger partial charge in [0.2, 0.25) is 0 Å². The second-order valence-electron chi connectivity index (χ2n) is 2.62. The van der Waals surface area contributed by atoms with Crippen LogP contribution in [0.5, 0.6) is 0 Å². The van der Waals surface area contributed by atoms with Gasteiger partial charge in [0.1, 0.15) is 11.7 Å². The molecule has 0 aromatic carbocycles. The first-order chi connectivity index (χ1) is 4.93. The zero-order valence-corrected chi connectivity index (χ0v) is 5.80. The lowest BCUT2D eigenvalue weighted by Crippen LogP contribution is -2.21. The molecular weight excluding hydrogens is 160 g/mol. The van der Waals surface area contributed by atoms with Gasteiger partial charge >= 0.3 is 0 Å². The number of hydrogen-bond donors (Lipinski definition) is 0. The van der Waals surface area contributed by atoms with Crippen molar-refractivity contribution in [2.24, 2.45) is 0 Å². The highest BCUT2D eigenvalue weighted by Crippen LogP contribution is 2.37. The van der Waals surface area contributed by atoms with Gasteiger partial charge < -0.3 is 0 Å². The van der Waals surface area contributed by atoms with Gasteiger partial charge in [0.25, 0.3) is 0 Å². The average Bonchev–Trinajstić information content (AvgIpc) is 1.83. The van der Waals surface area contributed by atoms with Gasteiger partial charge in [-0.1, -0.05) is 0 Å². The van der Waals surface area contributed by atoms with Crippen LogP contribution in [0.15, 0.2) is 23.6 Å². The molecule has 0 spiro atoms. The smallest absolute Gasteiger partial charge is 0.165 e. The number of rotatable bonds is 0. The second kappa shape index (κ2) is 2.36. The van der Waals surface area contributed by atoms with Gasteiger partial charge in [0.15, 0.2) is 11.5 Å². The van der Waals surface area contributed by atoms with Gasteiger partial charge in [-0.25, -0.2) is 17.6 Å². The number of alkyl halides is 1. The third-order valence-electron chi connectivity index (χ3n) is 1.50. The van der Waals surface area contributed by atoms with Crippen LogP contribution in [0, 0.1) is 0 Å². The van der Waals surface area contributed by atoms with E-state index in [-0.39, 0.29) is 6.08 Å². The molecule has 0 radical (unpaired) electrons. The molecule has 0 fully saturated rings. The first kappa shape index (κ1) is 8.30. The normalized spacial score (nSPS) is 32.3. The molecule has 1 aliphatic rings. The molecule has 0 bridgehead atoms. The molecular formula is C7H6F4. The van der Waals surface area contributed by atoms with Gasteiger partial charge in [0.05, 0.1) is 0 Å². The van der Waals surface area contributed by atoms with Crippen LogP contribution in [0.25, 0.3) is 0 Å². The average molecular weight is 166 g/mol. The van der Waals surface area contributed by atoms with Crippen molar-refractivity contribution in [3.63, 3.8) is 0 Å². The minimum absolute atomic E-state index is 0.235. The van der Waals surface area contributed by atoms with E-state index in [2.05, 4.69) is 0 Å². The fraction of sp³-hybridized carbons (Fsp3) is 0.429. The van der Waals surface area contributed by atoms with Crippen molar-refractivity contribution in [1.29, 1.82) is 0 Å². The molecule has 0 N–H and O–H groups in total. The topological polar surface area (TPSA) is 0 Å². The molecule has 0 aliphatic heterocycles. The molecule has 4 heteroatoms. The maximum atomic E-state index is 12.8. The molecule has 0 saturated heterocycles. The Labute approximate surface area is 61.2 Å². The van der Waals surface area contributed by atoms with Gasteiger partial charge in [-0.3, -0.25) is 0 Å². The zero-order valence-electron chi connectivity index (χ0n) is 5.80. The van der Waals surface area contributed by atoms with Crippen molar-refractivity contribution in [3.8, 4) is 0 Å². The summed E-state index contributed by atoms with van der Waals surface area (Å²) in [4.78, 5) is 0. The molecule has 1 unspecified atom stereocenters. The van der Waals surface area contributed by atoms with Crippen LogP contribution in [0.1, 0.15) is 13.3 Å². The minimum Gasteiger partial charge on any atom is -0.236 e. The Balaban J connectivity index is 3.01. The Bertz CT molecular complexity index is 237. The third kappa shape index (κ3) is 1.44. The summed E-state index contributed by atoms with van der Waals surface area (Å²) in [6, 6.07) is 0. The molecule has 1 atom stereocenters. The van der Waals surface area contributed by atoms with E-state index < -0.39 is 29.6 Å². The van der Waals surface area contributed by atoms with Crippen molar-refractivity contribution < 1.29 is 17.6 Å². The van der Waals surface area contributed by atoms with E-state index in [1.54, 1.807) is 0 Å². The van der Waals surface area contributed by atoms with E-state index in [9.17, 15) is 17.6 Å². The zero-order chi connectivity index (χ0) is 8.65. The first-order valence-electron chi connectivity index (χ1n) is 3.04. The summed E-state index contributed by atoms with van der Waals surface area (Å²) in [6.45, 7) is 0.866. The number of hydrogen-bond acceptors (Lipinski definition) is 0. The highest BCUT2D eigenvalue weighted by Gasteiger charge is 2.35. The molecule has 62 valence electrons. The summed E-state index contributed by atoms with van der Waals surface area (Å²) < 4.78 is 49.7. The molecule has 0 nitrogen and oxygen atoms in total. The summed E-state index contributed by atoms with van der Waals surface area (Å²) in [5.41, 5.74) is -2.39. The SMILES string of the molecule is CC1(F)CC(F)=C(F)C=C1F. The molecule has 0 saturated carbocycles. The Morgan fingerprint density at radius 2 is 1.91 bits per heavy atom. The first-order valence-corrected chi connectivity index (χ1v) is 3.04. The maximum Gasteiger partial charge on any atom is 0.165 e. The van der Waals surface area contributed by atoms with Crippen molar-refractivity contribution >= 4 is 0 Å². The summed E-state index contributed by atoms with van der Waals surface area (Å²) in [6.07, 6.45) is -0.625. The standard InChI is InChI=1S/C7H6F4/c1-7(11)3-5(9)4(8)2-6(7)10/h2H,3H2,1H3. The Morgan fingerprint density at radius 1 is 1.36 bits per heavy atom. The number of allylic oxidation sites excluding steroid dienone is 4. The van der Waals surface area contributed by atoms with Crippen LogP contribution >= 0.6 is 0 Å². The predicted octanol–water partition coefficient (Wildman–Crippen LogP) is 3.12. The van der Waals surface area contributed by atoms with E-state index >= 15 is 0 Å². The Hall–Kier alpha value is -0.800. The lowest BCUT2D eigenvalue weighted by atomic mass is 9.97. The monoisotopic (exact) mass is 166 g/mol. The summed E-state index contributed by atoms with van der Waals surface area (Å²) in [5.74, 6) is -3.83. The molecule has 0 heterocycles.